The first kappa shape index (κ1) is 18.4. The summed E-state index contributed by atoms with van der Waals surface area (Å²) in [6, 6.07) is 3.81. The predicted molar refractivity (Wildman–Crippen MR) is 78.9 cm³/mol. The van der Waals surface area contributed by atoms with E-state index in [2.05, 4.69) is 15.9 Å². The van der Waals surface area contributed by atoms with Gasteiger partial charge >= 0.3 is 6.18 Å². The molecule has 0 saturated carbocycles. The predicted octanol–water partition coefficient (Wildman–Crippen LogP) is 3.89. The highest BCUT2D eigenvalue weighted by Gasteiger charge is 2.32. The van der Waals surface area contributed by atoms with E-state index in [1.807, 2.05) is 0 Å². The van der Waals surface area contributed by atoms with Crippen LogP contribution in [0.15, 0.2) is 29.2 Å². The number of hydrogen-bond acceptors (Lipinski definition) is 2. The molecule has 0 saturated heterocycles. The molecule has 1 aromatic rings. The number of unbranched alkanes of at least 4 members (excludes halogenated alkanes) is 2. The third-order valence-electron chi connectivity index (χ3n) is 2.98. The molecule has 0 bridgehead atoms. The second-order valence-corrected chi connectivity index (χ2v) is 7.44. The Morgan fingerprint density at radius 3 is 2.43 bits per heavy atom. The van der Waals surface area contributed by atoms with Gasteiger partial charge in [-0.15, -0.1) is 0 Å². The van der Waals surface area contributed by atoms with E-state index in [1.54, 1.807) is 0 Å². The summed E-state index contributed by atoms with van der Waals surface area (Å²) in [7, 11) is -2.51. The van der Waals surface area contributed by atoms with Gasteiger partial charge in [-0.2, -0.15) is 13.2 Å². The lowest BCUT2D eigenvalue weighted by molar-refractivity contribution is -0.137. The second-order valence-electron chi connectivity index (χ2n) is 4.60. The smallest absolute Gasteiger partial charge is 0.207 e. The quantitative estimate of drug-likeness (QED) is 0.525. The minimum absolute atomic E-state index is 0.283. The molecule has 3 nitrogen and oxygen atoms in total. The molecule has 0 aliphatic carbocycles. The number of nitrogens with zero attached hydrogens (tertiary/aromatic N) is 1. The van der Waals surface area contributed by atoms with Crippen molar-refractivity contribution < 1.29 is 21.6 Å². The Labute approximate surface area is 131 Å². The van der Waals surface area contributed by atoms with Gasteiger partial charge < -0.3 is 0 Å². The normalized spacial score (nSPS) is 12.9. The number of halogens is 4. The third-order valence-corrected chi connectivity index (χ3v) is 5.39. The van der Waals surface area contributed by atoms with E-state index in [1.165, 1.54) is 13.1 Å². The van der Waals surface area contributed by atoms with E-state index in [0.29, 0.717) is 12.5 Å². The van der Waals surface area contributed by atoms with Gasteiger partial charge in [0.25, 0.3) is 0 Å². The molecule has 120 valence electrons. The maximum absolute atomic E-state index is 12.6. The topological polar surface area (TPSA) is 37.4 Å². The monoisotopic (exact) mass is 387 g/mol. The molecular formula is C13H17BrF3NO2S. The van der Waals surface area contributed by atoms with Crippen LogP contribution in [0.5, 0.6) is 0 Å². The second kappa shape index (κ2) is 7.60. The average molecular weight is 388 g/mol. The zero-order valence-corrected chi connectivity index (χ0v) is 13.9. The highest BCUT2D eigenvalue weighted by Crippen LogP contribution is 2.31. The summed E-state index contributed by atoms with van der Waals surface area (Å²) in [6.07, 6.45) is -2.11. The van der Waals surface area contributed by atoms with Gasteiger partial charge in [-0.05, 0) is 31.0 Å². The molecule has 0 N–H and O–H groups in total. The molecule has 0 unspecified atom stereocenters. The fourth-order valence-electron chi connectivity index (χ4n) is 1.74. The van der Waals surface area contributed by atoms with Gasteiger partial charge in [-0.3, -0.25) is 0 Å². The zero-order chi connectivity index (χ0) is 16.1. The van der Waals surface area contributed by atoms with Gasteiger partial charge in [0.1, 0.15) is 0 Å². The molecule has 0 aromatic heterocycles. The van der Waals surface area contributed by atoms with Gasteiger partial charge in [0.05, 0.1) is 10.5 Å². The summed E-state index contributed by atoms with van der Waals surface area (Å²) in [5, 5.41) is 0.844. The third kappa shape index (κ3) is 5.27. The molecule has 1 aromatic carbocycles. The number of benzene rings is 1. The minimum atomic E-state index is -4.56. The molecule has 0 atom stereocenters. The van der Waals surface area contributed by atoms with Gasteiger partial charge in [-0.1, -0.05) is 28.4 Å². The Morgan fingerprint density at radius 2 is 1.86 bits per heavy atom. The average Bonchev–Trinajstić information content (AvgIpc) is 2.42. The molecule has 0 aliphatic rings. The van der Waals surface area contributed by atoms with E-state index in [0.717, 1.165) is 34.6 Å². The molecule has 21 heavy (non-hydrogen) atoms. The van der Waals surface area contributed by atoms with E-state index in [9.17, 15) is 21.6 Å². The van der Waals surface area contributed by atoms with Crippen LogP contribution in [0.1, 0.15) is 24.8 Å². The van der Waals surface area contributed by atoms with Crippen LogP contribution in [0.3, 0.4) is 0 Å². The van der Waals surface area contributed by atoms with Crippen LogP contribution in [0.2, 0.25) is 0 Å². The van der Waals surface area contributed by atoms with Crippen LogP contribution >= 0.6 is 15.9 Å². The molecule has 0 heterocycles. The zero-order valence-electron chi connectivity index (χ0n) is 11.5. The number of alkyl halides is 4. The van der Waals surface area contributed by atoms with Crippen molar-refractivity contribution in [2.45, 2.75) is 30.3 Å². The summed E-state index contributed by atoms with van der Waals surface area (Å²) in [5.74, 6) is 0. The lowest BCUT2D eigenvalue weighted by atomic mass is 10.2. The van der Waals surface area contributed by atoms with Crippen molar-refractivity contribution in [3.63, 3.8) is 0 Å². The Bertz CT molecular complexity index is 561. The molecule has 8 heteroatoms. The van der Waals surface area contributed by atoms with Gasteiger partial charge in [-0.25, -0.2) is 12.7 Å². The fourth-order valence-corrected chi connectivity index (χ4v) is 3.39. The maximum atomic E-state index is 12.6. The van der Waals surface area contributed by atoms with Crippen molar-refractivity contribution >= 4 is 26.0 Å². The molecule has 0 radical (unpaired) electrons. The van der Waals surface area contributed by atoms with Crippen LogP contribution in [-0.2, 0) is 16.2 Å². The first-order valence-corrected chi connectivity index (χ1v) is 8.95. The molecule has 0 amide bonds. The van der Waals surface area contributed by atoms with Gasteiger partial charge in [0, 0.05) is 18.9 Å². The lowest BCUT2D eigenvalue weighted by Crippen LogP contribution is -2.28. The van der Waals surface area contributed by atoms with E-state index < -0.39 is 21.8 Å². The van der Waals surface area contributed by atoms with Crippen molar-refractivity contribution in [2.75, 3.05) is 18.9 Å². The summed E-state index contributed by atoms with van der Waals surface area (Å²) in [5.41, 5.74) is -0.962. The highest BCUT2D eigenvalue weighted by molar-refractivity contribution is 9.09. The van der Waals surface area contributed by atoms with Crippen LogP contribution in [0.4, 0.5) is 13.2 Å². The van der Waals surface area contributed by atoms with E-state index in [-0.39, 0.29) is 11.4 Å². The van der Waals surface area contributed by atoms with Crippen molar-refractivity contribution in [1.82, 2.24) is 4.31 Å². The molecular weight excluding hydrogens is 371 g/mol. The summed E-state index contributed by atoms with van der Waals surface area (Å²) < 4.78 is 63.4. The Hall–Kier alpha value is -0.600. The Kier molecular flexibility index (Phi) is 6.68. The van der Waals surface area contributed by atoms with Crippen LogP contribution in [-0.4, -0.2) is 31.6 Å². The number of sulfonamides is 1. The van der Waals surface area contributed by atoms with Crippen molar-refractivity contribution in [3.8, 4) is 0 Å². The molecule has 1 rings (SSSR count). The number of rotatable bonds is 7. The van der Waals surface area contributed by atoms with Crippen LogP contribution in [0.25, 0.3) is 0 Å². The fraction of sp³-hybridized carbons (Fsp3) is 0.538. The molecule has 0 aliphatic heterocycles. The van der Waals surface area contributed by atoms with Crippen molar-refractivity contribution in [2.24, 2.45) is 0 Å². The van der Waals surface area contributed by atoms with Crippen LogP contribution < -0.4 is 0 Å². The van der Waals surface area contributed by atoms with Gasteiger partial charge in [0.15, 0.2) is 0 Å². The lowest BCUT2D eigenvalue weighted by Gasteiger charge is -2.18. The van der Waals surface area contributed by atoms with Crippen molar-refractivity contribution in [3.05, 3.63) is 29.8 Å². The minimum Gasteiger partial charge on any atom is -0.207 e. The largest absolute Gasteiger partial charge is 0.416 e. The molecule has 0 fully saturated rings. The van der Waals surface area contributed by atoms with E-state index >= 15 is 0 Å². The van der Waals surface area contributed by atoms with Gasteiger partial charge in [0.2, 0.25) is 10.0 Å². The SMILES string of the molecule is CN(CCCCCBr)S(=O)(=O)c1cccc(C(F)(F)F)c1. The Balaban J connectivity index is 2.87. The maximum Gasteiger partial charge on any atom is 0.416 e. The summed E-state index contributed by atoms with van der Waals surface area (Å²) in [6.45, 7) is 0.283. The standard InChI is InChI=1S/C13H17BrF3NO2S/c1-18(9-4-2-3-8-14)21(19,20)12-7-5-6-11(10-12)13(15,16)17/h5-7,10H,2-4,8-9H2,1H3. The first-order chi connectivity index (χ1) is 9.69. The van der Waals surface area contributed by atoms with E-state index in [4.69, 9.17) is 0 Å². The summed E-state index contributed by atoms with van der Waals surface area (Å²) >= 11 is 3.28. The van der Waals surface area contributed by atoms with Crippen LogP contribution in [0, 0.1) is 0 Å². The summed E-state index contributed by atoms with van der Waals surface area (Å²) in [4.78, 5) is -0.333. The first-order valence-electron chi connectivity index (χ1n) is 6.39. The molecule has 0 spiro atoms. The van der Waals surface area contributed by atoms with Crippen molar-refractivity contribution in [1.29, 1.82) is 0 Å². The number of hydrogen-bond donors (Lipinski definition) is 0. The highest BCUT2D eigenvalue weighted by atomic mass is 79.9. The Morgan fingerprint density at radius 1 is 1.19 bits per heavy atom.